The number of methoxy groups -OCH3 is 2. The maximum absolute atomic E-state index is 13.0. The number of imide groups is 1. The van der Waals surface area contributed by atoms with Gasteiger partial charge in [0.2, 0.25) is 12.6 Å². The number of carbonyl (C=O) groups excluding carboxylic acids is 3. The van der Waals surface area contributed by atoms with E-state index in [4.69, 9.17) is 23.4 Å². The molecule has 3 heterocycles. The number of amides is 3. The number of nitrogens with zero attached hydrogens (tertiary/aromatic N) is 1. The quantitative estimate of drug-likeness (QED) is 0.278. The first kappa shape index (κ1) is 23.8. The minimum Gasteiger partial charge on any atom is -0.493 e. The molecule has 2 aromatic carbocycles. The predicted octanol–water partition coefficient (Wildman–Crippen LogP) is 3.48. The minimum atomic E-state index is -0.657. The van der Waals surface area contributed by atoms with Crippen LogP contribution in [-0.4, -0.2) is 43.8 Å². The van der Waals surface area contributed by atoms with E-state index >= 15 is 0 Å². The third-order valence-corrected chi connectivity index (χ3v) is 5.67. The van der Waals surface area contributed by atoms with Gasteiger partial charge in [0.15, 0.2) is 23.0 Å². The van der Waals surface area contributed by atoms with Crippen LogP contribution in [0.4, 0.5) is 4.79 Å². The van der Waals surface area contributed by atoms with Crippen molar-refractivity contribution in [3.63, 3.8) is 0 Å². The van der Waals surface area contributed by atoms with Crippen molar-refractivity contribution in [3.8, 4) is 23.0 Å². The summed E-state index contributed by atoms with van der Waals surface area (Å²) in [5, 5.41) is 2.57. The Morgan fingerprint density at radius 2 is 1.92 bits per heavy atom. The Bertz CT molecular complexity index is 1410. The van der Waals surface area contributed by atoms with Crippen molar-refractivity contribution < 1.29 is 42.5 Å². The Morgan fingerprint density at radius 3 is 2.73 bits per heavy atom. The second-order valence-corrected chi connectivity index (χ2v) is 7.99. The molecule has 5 rings (SSSR count). The lowest BCUT2D eigenvalue weighted by molar-refractivity contribution is -0.123. The number of benzene rings is 2. The largest absolute Gasteiger partial charge is 0.493 e. The molecule has 1 aromatic heterocycles. The van der Waals surface area contributed by atoms with Gasteiger partial charge in [-0.2, -0.15) is 0 Å². The number of ether oxygens (including phenoxy) is 5. The number of nitrogens with one attached hydrogen (secondary N) is 1. The second-order valence-electron chi connectivity index (χ2n) is 7.99. The van der Waals surface area contributed by atoms with E-state index in [0.717, 1.165) is 10.5 Å². The van der Waals surface area contributed by atoms with Crippen molar-refractivity contribution >= 4 is 24.0 Å². The van der Waals surface area contributed by atoms with Gasteiger partial charge in [-0.3, -0.25) is 9.69 Å². The van der Waals surface area contributed by atoms with Gasteiger partial charge in [-0.1, -0.05) is 18.2 Å². The van der Waals surface area contributed by atoms with E-state index in [-0.39, 0.29) is 37.2 Å². The summed E-state index contributed by atoms with van der Waals surface area (Å²) in [5.74, 6) is 1.15. The third-order valence-electron chi connectivity index (χ3n) is 5.67. The van der Waals surface area contributed by atoms with E-state index < -0.39 is 17.9 Å². The topological polar surface area (TPSA) is 126 Å². The van der Waals surface area contributed by atoms with Crippen molar-refractivity contribution in [3.05, 3.63) is 76.9 Å². The highest BCUT2D eigenvalue weighted by Crippen LogP contribution is 2.36. The number of hydrogen-bond acceptors (Lipinski definition) is 9. The molecular weight excluding hydrogens is 484 g/mol. The molecule has 2 aliphatic heterocycles. The van der Waals surface area contributed by atoms with Crippen LogP contribution >= 0.6 is 0 Å². The molecule has 3 aromatic rings. The molecule has 1 fully saturated rings. The van der Waals surface area contributed by atoms with E-state index in [2.05, 4.69) is 10.1 Å². The number of furan rings is 1. The van der Waals surface area contributed by atoms with E-state index in [0.29, 0.717) is 28.6 Å². The molecule has 0 aliphatic carbocycles. The van der Waals surface area contributed by atoms with Crippen molar-refractivity contribution in [2.75, 3.05) is 21.0 Å². The van der Waals surface area contributed by atoms with Crippen LogP contribution in [0.15, 0.2) is 58.6 Å². The summed E-state index contributed by atoms with van der Waals surface area (Å²) in [7, 11) is 2.74. The van der Waals surface area contributed by atoms with Crippen LogP contribution in [0.25, 0.3) is 6.08 Å². The van der Waals surface area contributed by atoms with Crippen LogP contribution in [0.5, 0.6) is 23.0 Å². The minimum absolute atomic E-state index is 0.0269. The van der Waals surface area contributed by atoms with Crippen molar-refractivity contribution in [1.29, 1.82) is 0 Å². The number of rotatable bonds is 8. The number of urea groups is 1. The average molecular weight is 506 g/mol. The summed E-state index contributed by atoms with van der Waals surface area (Å²) in [6.07, 6.45) is 1.51. The lowest BCUT2D eigenvalue weighted by Gasteiger charge is -2.14. The van der Waals surface area contributed by atoms with E-state index in [9.17, 15) is 14.4 Å². The van der Waals surface area contributed by atoms with Gasteiger partial charge in [0, 0.05) is 5.56 Å². The van der Waals surface area contributed by atoms with E-state index in [1.165, 1.54) is 32.4 Å². The van der Waals surface area contributed by atoms with Crippen LogP contribution in [0.2, 0.25) is 0 Å². The number of fused-ring (bicyclic) bond motifs is 1. The summed E-state index contributed by atoms with van der Waals surface area (Å²) < 4.78 is 32.3. The maximum Gasteiger partial charge on any atom is 0.373 e. The Labute approximate surface area is 211 Å². The van der Waals surface area contributed by atoms with Crippen LogP contribution in [0, 0.1) is 0 Å². The average Bonchev–Trinajstić information content (AvgIpc) is 3.63. The zero-order valence-corrected chi connectivity index (χ0v) is 19.9. The second kappa shape index (κ2) is 9.97. The molecule has 11 heteroatoms. The van der Waals surface area contributed by atoms with Crippen molar-refractivity contribution in [1.82, 2.24) is 10.2 Å². The number of esters is 1. The fourth-order valence-corrected chi connectivity index (χ4v) is 3.85. The van der Waals surface area contributed by atoms with Gasteiger partial charge in [0.05, 0.1) is 20.8 Å². The molecule has 0 atom stereocenters. The first-order valence-electron chi connectivity index (χ1n) is 11.2. The van der Waals surface area contributed by atoms with E-state index in [1.807, 2.05) is 12.1 Å². The highest BCUT2D eigenvalue weighted by molar-refractivity contribution is 6.14. The smallest absolute Gasteiger partial charge is 0.373 e. The molecule has 0 radical (unpaired) electrons. The van der Waals surface area contributed by atoms with Crippen molar-refractivity contribution in [2.45, 2.75) is 13.2 Å². The number of hydrogen-bond donors (Lipinski definition) is 1. The zero-order chi connectivity index (χ0) is 25.9. The first-order valence-corrected chi connectivity index (χ1v) is 11.2. The molecule has 2 aliphatic rings. The molecule has 3 amide bonds. The fourth-order valence-electron chi connectivity index (χ4n) is 3.85. The SMILES string of the molecule is COC(=O)c1ccc(CN2C(=O)N/C(=C\c3cccc(OC)c3OCc3ccc4c(c3)OCO4)C2=O)o1. The van der Waals surface area contributed by atoms with Gasteiger partial charge in [-0.15, -0.1) is 0 Å². The standard InChI is InChI=1S/C26H22N2O9/c1-32-20-5-3-4-16(23(20)34-13-15-6-8-19-22(10-15)36-14-35-19)11-18-24(29)28(26(31)27-18)12-17-7-9-21(37-17)25(30)33-2/h3-11H,12-14H2,1-2H3,(H,27,31)/b18-11-. The normalized spacial score (nSPS) is 15.2. The summed E-state index contributed by atoms with van der Waals surface area (Å²) >= 11 is 0. The Hall–Kier alpha value is -4.93. The molecule has 1 saturated heterocycles. The van der Waals surface area contributed by atoms with Gasteiger partial charge in [0.25, 0.3) is 5.91 Å². The van der Waals surface area contributed by atoms with E-state index in [1.54, 1.807) is 24.3 Å². The molecule has 0 saturated carbocycles. The number of para-hydroxylation sites is 1. The fraction of sp³-hybridized carbons (Fsp3) is 0.192. The van der Waals surface area contributed by atoms with Gasteiger partial charge in [-0.05, 0) is 42.0 Å². The highest BCUT2D eigenvalue weighted by Gasteiger charge is 2.34. The highest BCUT2D eigenvalue weighted by atomic mass is 16.7. The van der Waals surface area contributed by atoms with Gasteiger partial charge >= 0.3 is 12.0 Å². The predicted molar refractivity (Wildman–Crippen MR) is 127 cm³/mol. The molecule has 190 valence electrons. The first-order chi connectivity index (χ1) is 18.0. The summed E-state index contributed by atoms with van der Waals surface area (Å²) in [4.78, 5) is 38.1. The monoisotopic (exact) mass is 506 g/mol. The van der Waals surface area contributed by atoms with Crippen LogP contribution in [0.1, 0.15) is 27.4 Å². The van der Waals surface area contributed by atoms with Crippen LogP contribution < -0.4 is 24.3 Å². The Balaban J connectivity index is 1.35. The number of carbonyl (C=O) groups is 3. The van der Waals surface area contributed by atoms with Gasteiger partial charge < -0.3 is 33.4 Å². The van der Waals surface area contributed by atoms with Gasteiger partial charge in [0.1, 0.15) is 18.1 Å². The van der Waals surface area contributed by atoms with Crippen LogP contribution in [-0.2, 0) is 22.7 Å². The lowest BCUT2D eigenvalue weighted by atomic mass is 10.1. The third kappa shape index (κ3) is 4.79. The summed E-state index contributed by atoms with van der Waals surface area (Å²) in [6, 6.07) is 13.0. The van der Waals surface area contributed by atoms with Crippen molar-refractivity contribution in [2.24, 2.45) is 0 Å². The zero-order valence-electron chi connectivity index (χ0n) is 19.9. The Morgan fingerprint density at radius 1 is 1.08 bits per heavy atom. The molecule has 37 heavy (non-hydrogen) atoms. The van der Waals surface area contributed by atoms with Crippen LogP contribution in [0.3, 0.4) is 0 Å². The molecule has 11 nitrogen and oxygen atoms in total. The molecule has 0 unspecified atom stereocenters. The lowest BCUT2D eigenvalue weighted by Crippen LogP contribution is -2.30. The maximum atomic E-state index is 13.0. The summed E-state index contributed by atoms with van der Waals surface area (Å²) in [6.45, 7) is 0.207. The molecular formula is C26H22N2O9. The molecule has 0 spiro atoms. The Kier molecular flexibility index (Phi) is 6.42. The molecule has 0 bridgehead atoms. The summed E-state index contributed by atoms with van der Waals surface area (Å²) in [5.41, 5.74) is 1.41. The molecule has 1 N–H and O–H groups in total. The van der Waals surface area contributed by atoms with Gasteiger partial charge in [-0.25, -0.2) is 9.59 Å².